The van der Waals surface area contributed by atoms with Gasteiger partial charge in [0.15, 0.2) is 6.29 Å². The van der Waals surface area contributed by atoms with Gasteiger partial charge in [-0.15, -0.1) is 0 Å². The Morgan fingerprint density at radius 1 is 1.29 bits per heavy atom. The van der Waals surface area contributed by atoms with Gasteiger partial charge in [0.05, 0.1) is 11.1 Å². The SMILES string of the molecule is O=Cc1c(Br)ccc(C(F)(F)F)c1F. The van der Waals surface area contributed by atoms with E-state index in [2.05, 4.69) is 15.9 Å². The molecule has 0 saturated carbocycles. The Hall–Kier alpha value is -0.910. The lowest BCUT2D eigenvalue weighted by molar-refractivity contribution is -0.140. The highest BCUT2D eigenvalue weighted by atomic mass is 79.9. The van der Waals surface area contributed by atoms with Crippen molar-refractivity contribution in [2.24, 2.45) is 0 Å². The second kappa shape index (κ2) is 3.68. The van der Waals surface area contributed by atoms with Crippen molar-refractivity contribution in [2.45, 2.75) is 6.18 Å². The fourth-order valence-electron chi connectivity index (χ4n) is 0.896. The summed E-state index contributed by atoms with van der Waals surface area (Å²) in [4.78, 5) is 10.3. The molecule has 1 rings (SSSR count). The molecule has 0 aliphatic heterocycles. The minimum Gasteiger partial charge on any atom is -0.298 e. The number of alkyl halides is 3. The summed E-state index contributed by atoms with van der Waals surface area (Å²) < 4.78 is 49.4. The van der Waals surface area contributed by atoms with Gasteiger partial charge in [0.25, 0.3) is 0 Å². The third-order valence-electron chi connectivity index (χ3n) is 1.55. The molecule has 0 aromatic heterocycles. The molecule has 0 fully saturated rings. The summed E-state index contributed by atoms with van der Waals surface area (Å²) in [6, 6.07) is 1.56. The average molecular weight is 271 g/mol. The highest BCUT2D eigenvalue weighted by Crippen LogP contribution is 2.34. The van der Waals surface area contributed by atoms with Crippen molar-refractivity contribution in [3.05, 3.63) is 33.5 Å². The molecule has 1 aromatic rings. The summed E-state index contributed by atoms with van der Waals surface area (Å²) in [7, 11) is 0. The van der Waals surface area contributed by atoms with Gasteiger partial charge in [0.1, 0.15) is 5.82 Å². The quantitative estimate of drug-likeness (QED) is 0.565. The van der Waals surface area contributed by atoms with Crippen molar-refractivity contribution in [3.63, 3.8) is 0 Å². The number of rotatable bonds is 1. The Morgan fingerprint density at radius 3 is 2.29 bits per heavy atom. The summed E-state index contributed by atoms with van der Waals surface area (Å²) in [5.41, 5.74) is -2.07. The van der Waals surface area contributed by atoms with Crippen LogP contribution in [0.2, 0.25) is 0 Å². The van der Waals surface area contributed by atoms with Gasteiger partial charge >= 0.3 is 6.18 Å². The Morgan fingerprint density at radius 2 is 1.86 bits per heavy atom. The van der Waals surface area contributed by atoms with Crippen LogP contribution in [0.5, 0.6) is 0 Å². The van der Waals surface area contributed by atoms with Crippen LogP contribution in [-0.4, -0.2) is 6.29 Å². The lowest BCUT2D eigenvalue weighted by Crippen LogP contribution is -2.10. The first-order valence-electron chi connectivity index (χ1n) is 3.38. The van der Waals surface area contributed by atoms with Crippen LogP contribution in [0.15, 0.2) is 16.6 Å². The highest BCUT2D eigenvalue weighted by molar-refractivity contribution is 9.10. The van der Waals surface area contributed by atoms with E-state index in [1.54, 1.807) is 0 Å². The first-order valence-corrected chi connectivity index (χ1v) is 4.17. The molecule has 0 atom stereocenters. The first-order chi connectivity index (χ1) is 6.38. The van der Waals surface area contributed by atoms with Crippen LogP contribution in [0.1, 0.15) is 15.9 Å². The zero-order valence-corrected chi connectivity index (χ0v) is 8.12. The summed E-state index contributed by atoms with van der Waals surface area (Å²) in [5.74, 6) is -1.55. The van der Waals surface area contributed by atoms with Crippen LogP contribution in [0.4, 0.5) is 17.6 Å². The molecular formula is C8H3BrF4O. The van der Waals surface area contributed by atoms with Crippen LogP contribution in [0.25, 0.3) is 0 Å². The first kappa shape index (κ1) is 11.2. The lowest BCUT2D eigenvalue weighted by Gasteiger charge is -2.09. The van der Waals surface area contributed by atoms with Gasteiger partial charge in [-0.05, 0) is 28.1 Å². The largest absolute Gasteiger partial charge is 0.419 e. The van der Waals surface area contributed by atoms with E-state index in [0.29, 0.717) is 6.07 Å². The molecule has 14 heavy (non-hydrogen) atoms. The van der Waals surface area contributed by atoms with Gasteiger partial charge in [0.2, 0.25) is 0 Å². The number of aldehydes is 1. The van der Waals surface area contributed by atoms with Gasteiger partial charge < -0.3 is 0 Å². The number of carbonyl (C=O) groups is 1. The average Bonchev–Trinajstić information content (AvgIpc) is 2.02. The number of halogens is 5. The van der Waals surface area contributed by atoms with Gasteiger partial charge in [0, 0.05) is 4.47 Å². The molecule has 0 saturated heterocycles. The number of hydrogen-bond acceptors (Lipinski definition) is 1. The molecule has 0 N–H and O–H groups in total. The minimum absolute atomic E-state index is 0.00185. The summed E-state index contributed by atoms with van der Waals surface area (Å²) in [5, 5.41) is 0. The summed E-state index contributed by atoms with van der Waals surface area (Å²) >= 11 is 2.77. The van der Waals surface area contributed by atoms with Crippen LogP contribution < -0.4 is 0 Å². The monoisotopic (exact) mass is 270 g/mol. The normalized spacial score (nSPS) is 11.5. The Kier molecular flexibility index (Phi) is 2.94. The molecule has 0 amide bonds. The fourth-order valence-corrected chi connectivity index (χ4v) is 1.30. The smallest absolute Gasteiger partial charge is 0.298 e. The molecule has 0 radical (unpaired) electrons. The van der Waals surface area contributed by atoms with Crippen molar-refractivity contribution in [3.8, 4) is 0 Å². The standard InChI is InChI=1S/C8H3BrF4O/c9-6-2-1-5(8(11,12)13)7(10)4(6)3-14/h1-3H. The summed E-state index contributed by atoms with van der Waals surface area (Å²) in [6.45, 7) is 0. The number of hydrogen-bond donors (Lipinski definition) is 0. The van der Waals surface area contributed by atoms with Gasteiger partial charge in [-0.3, -0.25) is 4.79 Å². The van der Waals surface area contributed by atoms with Crippen molar-refractivity contribution in [1.82, 2.24) is 0 Å². The Balaban J connectivity index is 3.43. The molecule has 0 aliphatic rings. The second-order valence-corrected chi connectivity index (χ2v) is 3.29. The zero-order chi connectivity index (χ0) is 10.9. The topological polar surface area (TPSA) is 17.1 Å². The second-order valence-electron chi connectivity index (χ2n) is 2.44. The maximum atomic E-state index is 13.0. The van der Waals surface area contributed by atoms with E-state index in [-0.39, 0.29) is 10.8 Å². The van der Waals surface area contributed by atoms with Crippen molar-refractivity contribution in [1.29, 1.82) is 0 Å². The molecule has 76 valence electrons. The van der Waals surface area contributed by atoms with Crippen LogP contribution in [0, 0.1) is 5.82 Å². The van der Waals surface area contributed by atoms with Crippen molar-refractivity contribution >= 4 is 22.2 Å². The molecule has 1 aromatic carbocycles. The zero-order valence-electron chi connectivity index (χ0n) is 6.53. The molecule has 0 bridgehead atoms. The minimum atomic E-state index is -4.79. The molecule has 6 heteroatoms. The number of carbonyl (C=O) groups excluding carboxylic acids is 1. The van der Waals surface area contributed by atoms with Gasteiger partial charge in [-0.2, -0.15) is 13.2 Å². The third kappa shape index (κ3) is 1.95. The fraction of sp³-hybridized carbons (Fsp3) is 0.125. The third-order valence-corrected chi connectivity index (χ3v) is 2.24. The van der Waals surface area contributed by atoms with Crippen LogP contribution in [-0.2, 0) is 6.18 Å². The Labute approximate surface area is 84.9 Å². The molecule has 0 aliphatic carbocycles. The predicted octanol–water partition coefficient (Wildman–Crippen LogP) is 3.42. The molecule has 0 heterocycles. The van der Waals surface area contributed by atoms with E-state index in [9.17, 15) is 22.4 Å². The molecule has 0 unspecified atom stereocenters. The van der Waals surface area contributed by atoms with E-state index in [1.165, 1.54) is 0 Å². The molecule has 0 spiro atoms. The highest BCUT2D eigenvalue weighted by Gasteiger charge is 2.35. The van der Waals surface area contributed by atoms with Gasteiger partial charge in [-0.1, -0.05) is 0 Å². The Bertz CT molecular complexity index is 372. The maximum Gasteiger partial charge on any atom is 0.419 e. The molecular weight excluding hydrogens is 268 g/mol. The predicted molar refractivity (Wildman–Crippen MR) is 44.5 cm³/mol. The van der Waals surface area contributed by atoms with E-state index in [1.807, 2.05) is 0 Å². The lowest BCUT2D eigenvalue weighted by atomic mass is 10.1. The van der Waals surface area contributed by atoms with E-state index < -0.39 is 23.1 Å². The van der Waals surface area contributed by atoms with Crippen molar-refractivity contribution < 1.29 is 22.4 Å². The summed E-state index contributed by atoms with van der Waals surface area (Å²) in [6.07, 6.45) is -4.75. The number of benzene rings is 1. The maximum absolute atomic E-state index is 13.0. The van der Waals surface area contributed by atoms with Crippen molar-refractivity contribution in [2.75, 3.05) is 0 Å². The van der Waals surface area contributed by atoms with E-state index in [4.69, 9.17) is 0 Å². The van der Waals surface area contributed by atoms with Gasteiger partial charge in [-0.25, -0.2) is 4.39 Å². The van der Waals surface area contributed by atoms with E-state index in [0.717, 1.165) is 6.07 Å². The van der Waals surface area contributed by atoms with Crippen LogP contribution >= 0.6 is 15.9 Å². The van der Waals surface area contributed by atoms with E-state index >= 15 is 0 Å². The van der Waals surface area contributed by atoms with Crippen LogP contribution in [0.3, 0.4) is 0 Å². The molecule has 1 nitrogen and oxygen atoms in total.